The number of aromatic nitrogens is 1. The summed E-state index contributed by atoms with van der Waals surface area (Å²) in [7, 11) is -2.16. The van der Waals surface area contributed by atoms with Crippen molar-refractivity contribution in [1.82, 2.24) is 9.88 Å². The van der Waals surface area contributed by atoms with Crippen LogP contribution in [-0.2, 0) is 16.4 Å². The Kier molecular flexibility index (Phi) is 6.39. The number of hydrogen-bond donors (Lipinski definition) is 2. The number of sulfonamides is 1. The van der Waals surface area contributed by atoms with E-state index in [9.17, 15) is 8.42 Å². The van der Waals surface area contributed by atoms with Crippen molar-refractivity contribution in [3.05, 3.63) is 66.4 Å². The predicted molar refractivity (Wildman–Crippen MR) is 131 cm³/mol. The molecule has 0 atom stereocenters. The Morgan fingerprint density at radius 2 is 1.75 bits per heavy atom. The highest BCUT2D eigenvalue weighted by atomic mass is 32.2. The fourth-order valence-electron chi connectivity index (χ4n) is 4.05. The van der Waals surface area contributed by atoms with E-state index in [1.54, 1.807) is 25.3 Å². The van der Waals surface area contributed by atoms with Gasteiger partial charge in [0.2, 0.25) is 0 Å². The van der Waals surface area contributed by atoms with Gasteiger partial charge in [-0.1, -0.05) is 44.2 Å². The summed E-state index contributed by atoms with van der Waals surface area (Å²) in [6.07, 6.45) is 2.85. The first kappa shape index (κ1) is 22.2. The van der Waals surface area contributed by atoms with Gasteiger partial charge < -0.3 is 14.6 Å². The fraction of sp³-hybridized carbons (Fsp3) is 0.280. The van der Waals surface area contributed by atoms with Crippen molar-refractivity contribution in [2.24, 2.45) is 0 Å². The molecule has 4 aromatic rings. The predicted octanol–water partition coefficient (Wildman–Crippen LogP) is 5.01. The number of aromatic amines is 1. The van der Waals surface area contributed by atoms with Gasteiger partial charge in [0.1, 0.15) is 5.75 Å². The third kappa shape index (κ3) is 4.45. The number of anilines is 1. The van der Waals surface area contributed by atoms with E-state index in [0.717, 1.165) is 53.3 Å². The lowest BCUT2D eigenvalue weighted by molar-refractivity contribution is 0.308. The highest BCUT2D eigenvalue weighted by Gasteiger charge is 2.18. The summed E-state index contributed by atoms with van der Waals surface area (Å²) in [6.45, 7) is 7.25. The van der Waals surface area contributed by atoms with Crippen LogP contribution in [0.5, 0.6) is 5.75 Å². The molecule has 1 heterocycles. The van der Waals surface area contributed by atoms with Gasteiger partial charge >= 0.3 is 0 Å². The van der Waals surface area contributed by atoms with Crippen molar-refractivity contribution in [2.45, 2.75) is 25.2 Å². The molecule has 0 amide bonds. The number of nitrogens with one attached hydrogen (secondary N) is 2. The average Bonchev–Trinajstić information content (AvgIpc) is 3.21. The molecule has 0 aliphatic heterocycles. The van der Waals surface area contributed by atoms with E-state index in [2.05, 4.69) is 28.5 Å². The van der Waals surface area contributed by atoms with Crippen LogP contribution in [0.1, 0.15) is 19.4 Å². The number of nitrogens with zero attached hydrogens (tertiary/aromatic N) is 1. The third-order valence-corrected chi connectivity index (χ3v) is 7.31. The number of hydrogen-bond acceptors (Lipinski definition) is 4. The third-order valence-electron chi connectivity index (χ3n) is 5.93. The van der Waals surface area contributed by atoms with E-state index < -0.39 is 10.0 Å². The summed E-state index contributed by atoms with van der Waals surface area (Å²) in [6, 6.07) is 16.4. The summed E-state index contributed by atoms with van der Waals surface area (Å²) < 4.78 is 34.6. The molecule has 6 nitrogen and oxygen atoms in total. The molecule has 0 saturated carbocycles. The van der Waals surface area contributed by atoms with Crippen LogP contribution in [0.2, 0.25) is 0 Å². The summed E-state index contributed by atoms with van der Waals surface area (Å²) in [5.41, 5.74) is 2.49. The first-order valence-electron chi connectivity index (χ1n) is 10.9. The molecule has 32 heavy (non-hydrogen) atoms. The Bertz CT molecular complexity index is 1340. The Labute approximate surface area is 189 Å². The minimum Gasteiger partial charge on any atom is -0.494 e. The summed E-state index contributed by atoms with van der Waals surface area (Å²) in [5.74, 6) is 0.604. The Morgan fingerprint density at radius 3 is 2.47 bits per heavy atom. The quantitative estimate of drug-likeness (QED) is 0.375. The molecule has 7 heteroatoms. The molecule has 0 bridgehead atoms. The SMILES string of the molecule is CCN(CC)CCc1c[nH]c2c(OC)cc(NS(=O)(=O)c3ccc4ccccc4c3)cc12. The van der Waals surface area contributed by atoms with Crippen molar-refractivity contribution in [3.63, 3.8) is 0 Å². The highest BCUT2D eigenvalue weighted by molar-refractivity contribution is 7.92. The minimum absolute atomic E-state index is 0.228. The van der Waals surface area contributed by atoms with Crippen LogP contribution < -0.4 is 9.46 Å². The van der Waals surface area contributed by atoms with Crippen LogP contribution in [0.15, 0.2) is 65.7 Å². The van der Waals surface area contributed by atoms with Gasteiger partial charge in [-0.3, -0.25) is 4.72 Å². The molecule has 0 unspecified atom stereocenters. The van der Waals surface area contributed by atoms with Crippen LogP contribution in [-0.4, -0.2) is 45.0 Å². The van der Waals surface area contributed by atoms with Gasteiger partial charge in [0.25, 0.3) is 10.0 Å². The van der Waals surface area contributed by atoms with E-state index in [4.69, 9.17) is 4.74 Å². The molecular weight excluding hydrogens is 422 g/mol. The number of rotatable bonds is 9. The topological polar surface area (TPSA) is 74.4 Å². The number of ether oxygens (including phenoxy) is 1. The molecule has 0 aliphatic carbocycles. The summed E-state index contributed by atoms with van der Waals surface area (Å²) in [5, 5.41) is 2.85. The van der Waals surface area contributed by atoms with Gasteiger partial charge in [0.15, 0.2) is 0 Å². The second-order valence-electron chi connectivity index (χ2n) is 7.81. The lowest BCUT2D eigenvalue weighted by atomic mass is 10.1. The van der Waals surface area contributed by atoms with Gasteiger partial charge in [-0.2, -0.15) is 0 Å². The van der Waals surface area contributed by atoms with Crippen LogP contribution in [0, 0.1) is 0 Å². The standard InChI is InChI=1S/C25H29N3O3S/c1-4-28(5-2)13-12-20-17-26-25-23(20)15-21(16-24(25)31-3)27-32(29,30)22-11-10-18-8-6-7-9-19(18)14-22/h6-11,14-17,26-27H,4-5,12-13H2,1-3H3. The van der Waals surface area contributed by atoms with Crippen molar-refractivity contribution in [1.29, 1.82) is 0 Å². The molecule has 0 saturated heterocycles. The average molecular weight is 452 g/mol. The van der Waals surface area contributed by atoms with Crippen LogP contribution in [0.3, 0.4) is 0 Å². The first-order chi connectivity index (χ1) is 15.4. The fourth-order valence-corrected chi connectivity index (χ4v) is 5.12. The molecule has 4 rings (SSSR count). The summed E-state index contributed by atoms with van der Waals surface area (Å²) >= 11 is 0. The van der Waals surface area contributed by atoms with E-state index in [-0.39, 0.29) is 4.90 Å². The van der Waals surface area contributed by atoms with E-state index in [1.165, 1.54) is 0 Å². The number of methoxy groups -OCH3 is 1. The maximum Gasteiger partial charge on any atom is 0.261 e. The van der Waals surface area contributed by atoms with Crippen molar-refractivity contribution in [2.75, 3.05) is 31.5 Å². The van der Waals surface area contributed by atoms with Crippen molar-refractivity contribution in [3.8, 4) is 5.75 Å². The number of likely N-dealkylation sites (N-methyl/N-ethyl adjacent to an activating group) is 1. The smallest absolute Gasteiger partial charge is 0.261 e. The molecule has 3 aromatic carbocycles. The van der Waals surface area contributed by atoms with E-state index >= 15 is 0 Å². The maximum atomic E-state index is 13.1. The van der Waals surface area contributed by atoms with Crippen molar-refractivity contribution >= 4 is 37.4 Å². The molecule has 0 fully saturated rings. The minimum atomic E-state index is -3.75. The zero-order valence-corrected chi connectivity index (χ0v) is 19.5. The van der Waals surface area contributed by atoms with E-state index in [1.807, 2.05) is 42.6 Å². The van der Waals surface area contributed by atoms with Crippen LogP contribution in [0.4, 0.5) is 5.69 Å². The highest BCUT2D eigenvalue weighted by Crippen LogP contribution is 2.33. The molecule has 0 spiro atoms. The number of fused-ring (bicyclic) bond motifs is 2. The zero-order chi connectivity index (χ0) is 22.7. The molecule has 0 aliphatic rings. The van der Waals surface area contributed by atoms with Gasteiger partial charge in [0, 0.05) is 24.2 Å². The van der Waals surface area contributed by atoms with Crippen molar-refractivity contribution < 1.29 is 13.2 Å². The van der Waals surface area contributed by atoms with E-state index in [0.29, 0.717) is 11.4 Å². The zero-order valence-electron chi connectivity index (χ0n) is 18.7. The second kappa shape index (κ2) is 9.22. The summed E-state index contributed by atoms with van der Waals surface area (Å²) in [4.78, 5) is 5.88. The number of benzene rings is 3. The Morgan fingerprint density at radius 1 is 1.00 bits per heavy atom. The van der Waals surface area contributed by atoms with Gasteiger partial charge in [-0.25, -0.2) is 8.42 Å². The maximum absolute atomic E-state index is 13.1. The van der Waals surface area contributed by atoms with Crippen LogP contribution >= 0.6 is 0 Å². The second-order valence-corrected chi connectivity index (χ2v) is 9.49. The van der Waals surface area contributed by atoms with Gasteiger partial charge in [-0.05, 0) is 54.0 Å². The molecule has 168 valence electrons. The van der Waals surface area contributed by atoms with Gasteiger partial charge in [-0.15, -0.1) is 0 Å². The normalized spacial score (nSPS) is 12.0. The molecular formula is C25H29N3O3S. The van der Waals surface area contributed by atoms with Crippen LogP contribution in [0.25, 0.3) is 21.7 Å². The first-order valence-corrected chi connectivity index (χ1v) is 12.4. The Balaban J connectivity index is 1.67. The number of H-pyrrole nitrogens is 1. The molecule has 2 N–H and O–H groups in total. The monoisotopic (exact) mass is 451 g/mol. The lowest BCUT2D eigenvalue weighted by Crippen LogP contribution is -2.25. The van der Waals surface area contributed by atoms with Gasteiger partial charge in [0.05, 0.1) is 23.2 Å². The lowest BCUT2D eigenvalue weighted by Gasteiger charge is -2.17. The largest absolute Gasteiger partial charge is 0.494 e. The Hall–Kier alpha value is -3.03. The molecule has 0 radical (unpaired) electrons. The molecule has 1 aromatic heterocycles.